The van der Waals surface area contributed by atoms with E-state index < -0.39 is 0 Å². The first-order valence-electron chi connectivity index (χ1n) is 8.98. The van der Waals surface area contributed by atoms with Crippen molar-refractivity contribution in [3.05, 3.63) is 54.3 Å². The zero-order chi connectivity index (χ0) is 17.5. The summed E-state index contributed by atoms with van der Waals surface area (Å²) in [6.45, 7) is 3.76. The van der Waals surface area contributed by atoms with Gasteiger partial charge in [0.05, 0.1) is 5.39 Å². The highest BCUT2D eigenvalue weighted by Crippen LogP contribution is 2.33. The molecule has 0 saturated carbocycles. The summed E-state index contributed by atoms with van der Waals surface area (Å²) in [5, 5.41) is 1.01. The van der Waals surface area contributed by atoms with E-state index in [-0.39, 0.29) is 0 Å². The molecule has 0 bridgehead atoms. The van der Waals surface area contributed by atoms with E-state index in [1.807, 2.05) is 43.3 Å². The lowest BCUT2D eigenvalue weighted by molar-refractivity contribution is 0.406. The van der Waals surface area contributed by atoms with Crippen molar-refractivity contribution in [1.82, 2.24) is 19.9 Å². The molecule has 1 saturated heterocycles. The molecule has 1 aliphatic rings. The number of hydrogen-bond donors (Lipinski definition) is 0. The molecule has 1 aromatic carbocycles. The van der Waals surface area contributed by atoms with Gasteiger partial charge in [0, 0.05) is 25.2 Å². The lowest BCUT2D eigenvalue weighted by Gasteiger charge is -2.32. The summed E-state index contributed by atoms with van der Waals surface area (Å²) < 4.78 is 5.97. The second-order valence-corrected chi connectivity index (χ2v) is 6.75. The molecule has 0 aliphatic carbocycles. The van der Waals surface area contributed by atoms with Crippen molar-refractivity contribution < 1.29 is 4.42 Å². The quantitative estimate of drug-likeness (QED) is 0.549. The molecule has 0 spiro atoms. The highest BCUT2D eigenvalue weighted by molar-refractivity contribution is 5.86. The van der Waals surface area contributed by atoms with E-state index in [4.69, 9.17) is 9.40 Å². The summed E-state index contributed by atoms with van der Waals surface area (Å²) in [5.41, 5.74) is 2.57. The van der Waals surface area contributed by atoms with Crippen LogP contribution in [-0.2, 0) is 0 Å². The van der Waals surface area contributed by atoms with E-state index in [0.717, 1.165) is 65.6 Å². The monoisotopic (exact) mass is 345 g/mol. The summed E-state index contributed by atoms with van der Waals surface area (Å²) in [6.07, 6.45) is 3.77. The Balaban J connectivity index is 1.40. The van der Waals surface area contributed by atoms with Gasteiger partial charge in [-0.2, -0.15) is 0 Å². The molecule has 0 N–H and O–H groups in total. The fourth-order valence-corrected chi connectivity index (χ4v) is 3.70. The second-order valence-electron chi connectivity index (χ2n) is 6.75. The number of para-hydroxylation sites is 2. The van der Waals surface area contributed by atoms with Gasteiger partial charge in [-0.1, -0.05) is 12.1 Å². The molecule has 1 aliphatic heterocycles. The van der Waals surface area contributed by atoms with Crippen LogP contribution in [0.25, 0.3) is 22.1 Å². The molecule has 6 heteroatoms. The van der Waals surface area contributed by atoms with Crippen molar-refractivity contribution in [2.45, 2.75) is 25.7 Å². The number of fused-ring (bicyclic) bond motifs is 2. The summed E-state index contributed by atoms with van der Waals surface area (Å²) in [6, 6.07) is 11.9. The van der Waals surface area contributed by atoms with Crippen molar-refractivity contribution in [3.63, 3.8) is 0 Å². The van der Waals surface area contributed by atoms with Crippen LogP contribution in [0, 0.1) is 6.92 Å². The third-order valence-corrected chi connectivity index (χ3v) is 5.02. The van der Waals surface area contributed by atoms with Gasteiger partial charge in [-0.05, 0) is 44.0 Å². The Hall–Kier alpha value is -3.02. The van der Waals surface area contributed by atoms with E-state index in [0.29, 0.717) is 5.92 Å². The number of aromatic nitrogens is 4. The lowest BCUT2D eigenvalue weighted by Crippen LogP contribution is -2.34. The average Bonchev–Trinajstić information content (AvgIpc) is 3.12. The molecule has 5 rings (SSSR count). The molecule has 0 atom stereocenters. The topological polar surface area (TPSA) is 67.9 Å². The summed E-state index contributed by atoms with van der Waals surface area (Å²) in [5.74, 6) is 2.95. The number of anilines is 1. The number of rotatable bonds is 2. The molecule has 6 nitrogen and oxygen atoms in total. The average molecular weight is 345 g/mol. The first-order chi connectivity index (χ1) is 12.8. The molecular weight excluding hydrogens is 326 g/mol. The van der Waals surface area contributed by atoms with Gasteiger partial charge < -0.3 is 9.32 Å². The van der Waals surface area contributed by atoms with Gasteiger partial charge in [0.1, 0.15) is 17.2 Å². The molecule has 0 unspecified atom stereocenters. The summed E-state index contributed by atoms with van der Waals surface area (Å²) >= 11 is 0. The third kappa shape index (κ3) is 2.58. The minimum Gasteiger partial charge on any atom is -0.440 e. The first kappa shape index (κ1) is 15.3. The van der Waals surface area contributed by atoms with Gasteiger partial charge in [0.15, 0.2) is 17.1 Å². The minimum atomic E-state index is 0.353. The van der Waals surface area contributed by atoms with Gasteiger partial charge in [-0.3, -0.25) is 0 Å². The van der Waals surface area contributed by atoms with E-state index in [1.54, 1.807) is 6.20 Å². The van der Waals surface area contributed by atoms with E-state index in [1.165, 1.54) is 0 Å². The van der Waals surface area contributed by atoms with E-state index >= 15 is 0 Å². The smallest absolute Gasteiger partial charge is 0.198 e. The van der Waals surface area contributed by atoms with Crippen LogP contribution in [0.1, 0.15) is 30.5 Å². The summed E-state index contributed by atoms with van der Waals surface area (Å²) in [7, 11) is 0. The number of hydrogen-bond acceptors (Lipinski definition) is 6. The van der Waals surface area contributed by atoms with Gasteiger partial charge >= 0.3 is 0 Å². The first-order valence-corrected chi connectivity index (χ1v) is 8.98. The number of nitrogens with zero attached hydrogens (tertiary/aromatic N) is 5. The largest absolute Gasteiger partial charge is 0.440 e. The predicted octanol–water partition coefficient (Wildman–Crippen LogP) is 3.86. The zero-order valence-electron chi connectivity index (χ0n) is 14.6. The molecular formula is C20H19N5O. The lowest BCUT2D eigenvalue weighted by atomic mass is 9.96. The van der Waals surface area contributed by atoms with Gasteiger partial charge in [-0.25, -0.2) is 19.9 Å². The van der Waals surface area contributed by atoms with Crippen molar-refractivity contribution in [3.8, 4) is 0 Å². The Morgan fingerprint density at radius 1 is 1.00 bits per heavy atom. The Kier molecular flexibility index (Phi) is 3.55. The maximum absolute atomic E-state index is 5.97. The van der Waals surface area contributed by atoms with Crippen molar-refractivity contribution >= 4 is 28.0 Å². The van der Waals surface area contributed by atoms with Crippen LogP contribution in [0.15, 0.2) is 47.0 Å². The predicted molar refractivity (Wildman–Crippen MR) is 100 cm³/mol. The van der Waals surface area contributed by atoms with Crippen LogP contribution in [0.2, 0.25) is 0 Å². The van der Waals surface area contributed by atoms with E-state index in [2.05, 4.69) is 19.9 Å². The SMILES string of the molecule is Cc1nc(N2CCC(c3nc4ccccc4o3)CC2)c2cccnc2n1. The fraction of sp³-hybridized carbons (Fsp3) is 0.300. The number of pyridine rings is 1. The number of piperidine rings is 1. The Bertz CT molecular complexity index is 1050. The Labute approximate surface area is 150 Å². The molecule has 3 aromatic heterocycles. The highest BCUT2D eigenvalue weighted by Gasteiger charge is 2.26. The standard InChI is InChI=1S/C20H19N5O/c1-13-22-18-15(5-4-10-21-18)19(23-13)25-11-8-14(9-12-25)20-24-16-6-2-3-7-17(16)26-20/h2-7,10,14H,8-9,11-12H2,1H3. The molecule has 4 heterocycles. The number of aryl methyl sites for hydroxylation is 1. The van der Waals surface area contributed by atoms with Crippen LogP contribution in [0.5, 0.6) is 0 Å². The molecule has 1 fully saturated rings. The zero-order valence-corrected chi connectivity index (χ0v) is 14.6. The second kappa shape index (κ2) is 6.05. The molecule has 0 amide bonds. The maximum atomic E-state index is 5.97. The number of benzene rings is 1. The van der Waals surface area contributed by atoms with Gasteiger partial charge in [0.25, 0.3) is 0 Å². The van der Waals surface area contributed by atoms with Crippen molar-refractivity contribution in [2.24, 2.45) is 0 Å². The van der Waals surface area contributed by atoms with Crippen LogP contribution in [-0.4, -0.2) is 33.0 Å². The van der Waals surface area contributed by atoms with Crippen molar-refractivity contribution in [2.75, 3.05) is 18.0 Å². The maximum Gasteiger partial charge on any atom is 0.198 e. The van der Waals surface area contributed by atoms with Crippen LogP contribution >= 0.6 is 0 Å². The van der Waals surface area contributed by atoms with Gasteiger partial charge in [0.2, 0.25) is 0 Å². The Morgan fingerprint density at radius 3 is 2.69 bits per heavy atom. The Morgan fingerprint density at radius 2 is 1.85 bits per heavy atom. The molecule has 130 valence electrons. The fourth-order valence-electron chi connectivity index (χ4n) is 3.70. The minimum absolute atomic E-state index is 0.353. The van der Waals surface area contributed by atoms with Crippen LogP contribution in [0.3, 0.4) is 0 Å². The van der Waals surface area contributed by atoms with Crippen LogP contribution in [0.4, 0.5) is 5.82 Å². The van der Waals surface area contributed by atoms with Gasteiger partial charge in [-0.15, -0.1) is 0 Å². The summed E-state index contributed by atoms with van der Waals surface area (Å²) in [4.78, 5) is 20.5. The normalized spacial score (nSPS) is 15.8. The number of oxazole rings is 1. The molecule has 0 radical (unpaired) electrons. The van der Waals surface area contributed by atoms with E-state index in [9.17, 15) is 0 Å². The third-order valence-electron chi connectivity index (χ3n) is 5.02. The molecule has 26 heavy (non-hydrogen) atoms. The van der Waals surface area contributed by atoms with Crippen LogP contribution < -0.4 is 4.90 Å². The highest BCUT2D eigenvalue weighted by atomic mass is 16.3. The molecule has 4 aromatic rings. The van der Waals surface area contributed by atoms with Crippen molar-refractivity contribution in [1.29, 1.82) is 0 Å².